The summed E-state index contributed by atoms with van der Waals surface area (Å²) in [6, 6.07) is 0. The van der Waals surface area contributed by atoms with Gasteiger partial charge in [-0.25, -0.2) is 0 Å². The summed E-state index contributed by atoms with van der Waals surface area (Å²) in [5.41, 5.74) is 0. The molecule has 0 N–H and O–H groups in total. The number of halogens is 3. The molecule has 0 aliphatic carbocycles. The monoisotopic (exact) mass is 168 g/mol. The maximum Gasteiger partial charge on any atom is 0.524 e. The second-order valence-corrected chi connectivity index (χ2v) is 2.44. The lowest BCUT2D eigenvalue weighted by molar-refractivity contribution is -0.354. The molecule has 0 aromatic carbocycles. The summed E-state index contributed by atoms with van der Waals surface area (Å²) in [5, 5.41) is 0. The van der Waals surface area contributed by atoms with E-state index in [1.165, 1.54) is 4.90 Å². The van der Waals surface area contributed by atoms with Crippen LogP contribution in [0.4, 0.5) is 13.2 Å². The minimum absolute atomic E-state index is 0.413. The molecule has 65 valence electrons. The molecule has 1 unspecified atom stereocenters. The zero-order chi connectivity index (χ0) is 8.48. The molecule has 0 amide bonds. The second-order valence-electron chi connectivity index (χ2n) is 2.44. The summed E-state index contributed by atoms with van der Waals surface area (Å²) in [4.78, 5) is 1.44. The molecule has 0 spiro atoms. The van der Waals surface area contributed by atoms with Crippen molar-refractivity contribution in [2.45, 2.75) is 25.4 Å². The van der Waals surface area contributed by atoms with Gasteiger partial charge in [-0.05, 0) is 19.9 Å². The highest BCUT2D eigenvalue weighted by Gasteiger charge is 2.36. The highest BCUT2D eigenvalue weighted by atomic mass is 19.4. The summed E-state index contributed by atoms with van der Waals surface area (Å²) >= 11 is 0. The Bertz CT molecular complexity index is 136. The van der Waals surface area contributed by atoms with Crippen molar-refractivity contribution in [3.63, 3.8) is 0 Å². The predicted molar refractivity (Wildman–Crippen MR) is 32.2 cm³/mol. The van der Waals surface area contributed by atoms with Crippen molar-refractivity contribution < 1.29 is 17.9 Å². The minimum atomic E-state index is -4.52. The van der Waals surface area contributed by atoms with Crippen LogP contribution < -0.4 is 0 Å². The Balaban J connectivity index is 2.37. The molecule has 5 heteroatoms. The summed E-state index contributed by atoms with van der Waals surface area (Å²) in [6.07, 6.45) is -4.28. The molecule has 0 aromatic heterocycles. The number of rotatable bonds is 1. The molecule has 1 heterocycles. The summed E-state index contributed by atoms with van der Waals surface area (Å²) in [5.74, 6) is 0. The van der Waals surface area contributed by atoms with Gasteiger partial charge in [-0.1, -0.05) is 0 Å². The molecular weight excluding hydrogens is 159 g/mol. The van der Waals surface area contributed by atoms with Crippen LogP contribution in [0.3, 0.4) is 0 Å². The van der Waals surface area contributed by atoms with Crippen LogP contribution >= 0.6 is 0 Å². The third-order valence-electron chi connectivity index (χ3n) is 1.55. The number of hydrogen-bond donors (Lipinski definition) is 0. The Hall–Kier alpha value is -0.290. The lowest BCUT2D eigenvalue weighted by Gasteiger charge is -2.20. The van der Waals surface area contributed by atoms with E-state index in [2.05, 4.69) is 4.74 Å². The lowest BCUT2D eigenvalue weighted by atomic mass is 10.4. The van der Waals surface area contributed by atoms with Gasteiger partial charge in [0.05, 0.1) is 0 Å². The number of likely N-dealkylation sites (tertiary alicyclic amines) is 1. The second kappa shape index (κ2) is 2.98. The Labute approximate surface area is 62.9 Å². The fourth-order valence-electron chi connectivity index (χ4n) is 1.04. The van der Waals surface area contributed by atoms with E-state index in [0.29, 0.717) is 12.8 Å². The first-order chi connectivity index (χ1) is 4.99. The normalized spacial score (nSPS) is 27.8. The van der Waals surface area contributed by atoms with Gasteiger partial charge in [-0.15, -0.1) is 13.2 Å². The Morgan fingerprint density at radius 2 is 2.18 bits per heavy atom. The molecule has 1 fully saturated rings. The number of hydrogen-bond acceptors (Lipinski definition) is 2. The first-order valence-corrected chi connectivity index (χ1v) is 3.29. The van der Waals surface area contributed by atoms with Crippen LogP contribution in [0.5, 0.6) is 0 Å². The molecule has 0 aromatic rings. The summed E-state index contributed by atoms with van der Waals surface area (Å²) < 4.78 is 38.7. The van der Waals surface area contributed by atoms with E-state index in [1.807, 2.05) is 0 Å². The summed E-state index contributed by atoms with van der Waals surface area (Å²) in [7, 11) is 1.57. The maximum atomic E-state index is 11.6. The van der Waals surface area contributed by atoms with Crippen molar-refractivity contribution in [2.75, 3.05) is 7.05 Å². The van der Waals surface area contributed by atoms with Crippen LogP contribution in [0.1, 0.15) is 12.8 Å². The quantitative estimate of drug-likeness (QED) is 0.591. The predicted octanol–water partition coefficient (Wildman–Crippen LogP) is 1.74. The van der Waals surface area contributed by atoms with E-state index in [9.17, 15) is 13.2 Å². The standard InChI is InChI=1S/C6H9F3NO/c1-10-4-2-3-5(10)11-6(7,8)9/h4-5H,2-3H2,1H3. The Morgan fingerprint density at radius 3 is 2.55 bits per heavy atom. The molecule has 11 heavy (non-hydrogen) atoms. The first kappa shape index (κ1) is 8.80. The molecule has 1 radical (unpaired) electrons. The van der Waals surface area contributed by atoms with Crippen LogP contribution in [-0.4, -0.2) is 24.5 Å². The van der Waals surface area contributed by atoms with Gasteiger partial charge in [-0.3, -0.25) is 9.64 Å². The van der Waals surface area contributed by atoms with Crippen molar-refractivity contribution in [3.05, 3.63) is 6.54 Å². The van der Waals surface area contributed by atoms with Crippen LogP contribution in [0.25, 0.3) is 0 Å². The van der Waals surface area contributed by atoms with E-state index in [-0.39, 0.29) is 0 Å². The van der Waals surface area contributed by atoms with Gasteiger partial charge < -0.3 is 0 Å². The molecule has 0 saturated carbocycles. The highest BCUT2D eigenvalue weighted by molar-refractivity contribution is 4.78. The van der Waals surface area contributed by atoms with Crippen LogP contribution in [0, 0.1) is 6.54 Å². The highest BCUT2D eigenvalue weighted by Crippen LogP contribution is 2.27. The zero-order valence-corrected chi connectivity index (χ0v) is 6.06. The molecule has 1 rings (SSSR count). The number of alkyl halides is 3. The molecule has 1 aliphatic rings. The molecule has 1 aliphatic heterocycles. The topological polar surface area (TPSA) is 12.5 Å². The maximum absolute atomic E-state index is 11.6. The Kier molecular flexibility index (Phi) is 2.39. The molecular formula is C6H9F3NO. The minimum Gasteiger partial charge on any atom is -0.277 e. The largest absolute Gasteiger partial charge is 0.524 e. The van der Waals surface area contributed by atoms with E-state index in [0.717, 1.165) is 0 Å². The van der Waals surface area contributed by atoms with E-state index >= 15 is 0 Å². The van der Waals surface area contributed by atoms with Crippen molar-refractivity contribution in [2.24, 2.45) is 0 Å². The third kappa shape index (κ3) is 2.67. The van der Waals surface area contributed by atoms with Gasteiger partial charge in [-0.2, -0.15) is 0 Å². The van der Waals surface area contributed by atoms with Gasteiger partial charge in [0.2, 0.25) is 0 Å². The third-order valence-corrected chi connectivity index (χ3v) is 1.55. The van der Waals surface area contributed by atoms with Gasteiger partial charge in [0.15, 0.2) is 0 Å². The zero-order valence-electron chi connectivity index (χ0n) is 6.06. The van der Waals surface area contributed by atoms with Gasteiger partial charge in [0.1, 0.15) is 6.23 Å². The number of ether oxygens (including phenoxy) is 1. The first-order valence-electron chi connectivity index (χ1n) is 3.29. The van der Waals surface area contributed by atoms with Crippen LogP contribution in [-0.2, 0) is 4.74 Å². The van der Waals surface area contributed by atoms with Gasteiger partial charge in [0.25, 0.3) is 0 Å². The van der Waals surface area contributed by atoms with E-state index in [1.54, 1.807) is 13.6 Å². The fraction of sp³-hybridized carbons (Fsp3) is 0.833. The van der Waals surface area contributed by atoms with Crippen molar-refractivity contribution in [1.29, 1.82) is 0 Å². The van der Waals surface area contributed by atoms with Gasteiger partial charge in [0, 0.05) is 6.54 Å². The fourth-order valence-corrected chi connectivity index (χ4v) is 1.04. The van der Waals surface area contributed by atoms with Crippen molar-refractivity contribution in [1.82, 2.24) is 4.90 Å². The average Bonchev–Trinajstić information content (AvgIpc) is 2.12. The van der Waals surface area contributed by atoms with Crippen LogP contribution in [0.15, 0.2) is 0 Å². The smallest absolute Gasteiger partial charge is 0.277 e. The molecule has 1 atom stereocenters. The Morgan fingerprint density at radius 1 is 1.55 bits per heavy atom. The SMILES string of the molecule is CN1[CH]CCC1OC(F)(F)F. The average molecular weight is 168 g/mol. The molecule has 2 nitrogen and oxygen atoms in total. The summed E-state index contributed by atoms with van der Waals surface area (Å²) in [6.45, 7) is 1.69. The van der Waals surface area contributed by atoms with Crippen molar-refractivity contribution in [3.8, 4) is 0 Å². The lowest BCUT2D eigenvalue weighted by Crippen LogP contribution is -2.31. The van der Waals surface area contributed by atoms with Crippen molar-refractivity contribution >= 4 is 0 Å². The number of nitrogens with zero attached hydrogens (tertiary/aromatic N) is 1. The van der Waals surface area contributed by atoms with E-state index in [4.69, 9.17) is 0 Å². The van der Waals surface area contributed by atoms with E-state index < -0.39 is 12.6 Å². The van der Waals surface area contributed by atoms with Crippen LogP contribution in [0.2, 0.25) is 0 Å². The molecule has 0 bridgehead atoms. The van der Waals surface area contributed by atoms with Gasteiger partial charge >= 0.3 is 6.36 Å². The molecule has 1 saturated heterocycles.